The number of nitrogens with zero attached hydrogens (tertiary/aromatic N) is 8. The number of anilines is 3. The van der Waals surface area contributed by atoms with Gasteiger partial charge in [-0.25, -0.2) is 19.3 Å². The molecule has 4 heterocycles. The maximum absolute atomic E-state index is 13.5. The van der Waals surface area contributed by atoms with Crippen LogP contribution in [0.25, 0.3) is 16.9 Å². The van der Waals surface area contributed by atoms with Crippen molar-refractivity contribution in [3.8, 4) is 17.3 Å². The molecule has 2 aliphatic rings. The van der Waals surface area contributed by atoms with E-state index < -0.39 is 0 Å². The van der Waals surface area contributed by atoms with Gasteiger partial charge in [0.1, 0.15) is 34.1 Å². The number of imidazole rings is 1. The molecule has 0 unspecified atom stereocenters. The highest BCUT2D eigenvalue weighted by molar-refractivity contribution is 7.16. The number of fused-ring (bicyclic) bond motifs is 1. The molecule has 0 atom stereocenters. The second-order valence-corrected chi connectivity index (χ2v) is 10.6. The zero-order chi connectivity index (χ0) is 27.1. The lowest BCUT2D eigenvalue weighted by atomic mass is 10.1. The number of thiazole rings is 1. The van der Waals surface area contributed by atoms with Crippen molar-refractivity contribution >= 4 is 39.7 Å². The number of nitriles is 1. The molecule has 0 N–H and O–H groups in total. The molecule has 0 bridgehead atoms. The highest BCUT2D eigenvalue weighted by Gasteiger charge is 2.33. The topological polar surface area (TPSA) is 103 Å². The van der Waals surface area contributed by atoms with Crippen LogP contribution in [0.2, 0.25) is 0 Å². The maximum atomic E-state index is 13.5. The van der Waals surface area contributed by atoms with Crippen LogP contribution in [0, 0.1) is 23.1 Å². The van der Waals surface area contributed by atoms with Crippen LogP contribution in [0.5, 0.6) is 0 Å². The number of hydroxylamine groups is 2. The molecule has 12 heteroatoms. The van der Waals surface area contributed by atoms with Gasteiger partial charge in [0.15, 0.2) is 10.8 Å². The highest BCUT2D eigenvalue weighted by atomic mass is 32.1. The molecule has 4 aromatic rings. The molecule has 39 heavy (non-hydrogen) atoms. The zero-order valence-electron chi connectivity index (χ0n) is 21.7. The monoisotopic (exact) mass is 546 g/mol. The summed E-state index contributed by atoms with van der Waals surface area (Å²) in [7, 11) is 1.91. The summed E-state index contributed by atoms with van der Waals surface area (Å²) in [5.41, 5.74) is 2.81. The first-order valence-electron chi connectivity index (χ1n) is 12.9. The molecule has 0 spiro atoms. The Bertz CT molecular complexity index is 1570. The van der Waals surface area contributed by atoms with Crippen molar-refractivity contribution in [1.82, 2.24) is 24.4 Å². The van der Waals surface area contributed by atoms with E-state index in [0.29, 0.717) is 59.5 Å². The molecular weight excluding hydrogens is 519 g/mol. The highest BCUT2D eigenvalue weighted by Crippen LogP contribution is 2.37. The van der Waals surface area contributed by atoms with Crippen molar-refractivity contribution in [1.29, 1.82) is 5.26 Å². The van der Waals surface area contributed by atoms with Crippen LogP contribution in [0.15, 0.2) is 36.7 Å². The molecule has 1 aliphatic heterocycles. The minimum atomic E-state index is -0.340. The molecule has 1 aromatic carbocycles. The second kappa shape index (κ2) is 10.2. The quantitative estimate of drug-likeness (QED) is 0.338. The largest absolute Gasteiger partial charge is 0.368 e. The number of benzene rings is 1. The number of hydrogen-bond acceptors (Lipinski definition) is 10. The van der Waals surface area contributed by atoms with Gasteiger partial charge in [-0.3, -0.25) is 9.20 Å². The summed E-state index contributed by atoms with van der Waals surface area (Å²) >= 11 is 1.28. The second-order valence-electron chi connectivity index (χ2n) is 9.66. The number of piperazine rings is 1. The van der Waals surface area contributed by atoms with Crippen LogP contribution in [-0.4, -0.2) is 63.6 Å². The molecule has 6 rings (SSSR count). The fourth-order valence-corrected chi connectivity index (χ4v) is 5.54. The molecule has 1 aliphatic carbocycles. The van der Waals surface area contributed by atoms with Crippen molar-refractivity contribution in [2.24, 2.45) is 5.92 Å². The molecule has 0 amide bonds. The van der Waals surface area contributed by atoms with Crippen molar-refractivity contribution in [2.75, 3.05) is 43.0 Å². The van der Waals surface area contributed by atoms with E-state index in [1.807, 2.05) is 29.5 Å². The van der Waals surface area contributed by atoms with Gasteiger partial charge >= 0.3 is 5.97 Å². The van der Waals surface area contributed by atoms with Crippen molar-refractivity contribution in [3.05, 3.63) is 53.0 Å². The third-order valence-electron chi connectivity index (χ3n) is 7.01. The summed E-state index contributed by atoms with van der Waals surface area (Å²) in [6, 6.07) is 8.22. The van der Waals surface area contributed by atoms with Crippen molar-refractivity contribution in [3.63, 3.8) is 0 Å². The van der Waals surface area contributed by atoms with Crippen LogP contribution < -0.4 is 9.80 Å². The van der Waals surface area contributed by atoms with E-state index in [0.717, 1.165) is 30.2 Å². The van der Waals surface area contributed by atoms with E-state index >= 15 is 0 Å². The van der Waals surface area contributed by atoms with Crippen LogP contribution in [-0.2, 0) is 16.1 Å². The molecule has 2 fully saturated rings. The number of aromatic nitrogens is 4. The Morgan fingerprint density at radius 1 is 1.21 bits per heavy atom. The SMILES string of the molecule is CCc1nc2cnc(N3CCN(OC(=O)C4CC4)CC3)cn2c1N(C)c1nc(-c2ccc(F)cc2)c(C#N)s1. The van der Waals surface area contributed by atoms with E-state index in [1.165, 1.54) is 23.5 Å². The summed E-state index contributed by atoms with van der Waals surface area (Å²) in [6.45, 7) is 4.61. The van der Waals surface area contributed by atoms with Crippen LogP contribution in [0.3, 0.4) is 0 Å². The van der Waals surface area contributed by atoms with Gasteiger partial charge in [0.05, 0.1) is 37.1 Å². The first kappa shape index (κ1) is 25.2. The summed E-state index contributed by atoms with van der Waals surface area (Å²) in [4.78, 5) is 36.3. The maximum Gasteiger partial charge on any atom is 0.328 e. The summed E-state index contributed by atoms with van der Waals surface area (Å²) < 4.78 is 15.5. The fourth-order valence-electron chi connectivity index (χ4n) is 4.69. The van der Waals surface area contributed by atoms with Gasteiger partial charge in [0, 0.05) is 25.7 Å². The van der Waals surface area contributed by atoms with Crippen LogP contribution in [0.1, 0.15) is 30.3 Å². The average Bonchev–Trinajstić information content (AvgIpc) is 3.62. The zero-order valence-corrected chi connectivity index (χ0v) is 22.5. The number of halogens is 1. The number of carbonyl (C=O) groups is 1. The van der Waals surface area contributed by atoms with Gasteiger partial charge in [0.2, 0.25) is 0 Å². The molecule has 1 saturated carbocycles. The van der Waals surface area contributed by atoms with Gasteiger partial charge < -0.3 is 14.6 Å². The van der Waals surface area contributed by atoms with Crippen molar-refractivity contribution in [2.45, 2.75) is 26.2 Å². The van der Waals surface area contributed by atoms with Gasteiger partial charge in [-0.2, -0.15) is 5.26 Å². The van der Waals surface area contributed by atoms with Gasteiger partial charge in [0.25, 0.3) is 0 Å². The van der Waals surface area contributed by atoms with Gasteiger partial charge in [-0.1, -0.05) is 18.3 Å². The van der Waals surface area contributed by atoms with E-state index in [1.54, 1.807) is 23.4 Å². The summed E-state index contributed by atoms with van der Waals surface area (Å²) in [6.07, 6.45) is 6.28. The predicted molar refractivity (Wildman–Crippen MR) is 145 cm³/mol. The van der Waals surface area contributed by atoms with E-state index in [4.69, 9.17) is 14.8 Å². The van der Waals surface area contributed by atoms with E-state index in [2.05, 4.69) is 16.0 Å². The lowest BCUT2D eigenvalue weighted by molar-refractivity contribution is -0.193. The standard InChI is InChI=1S/C27H27FN8O2S/c1-3-20-25(33(2)27-32-24(21(14-29)39-27)17-6-8-19(28)9-7-17)36-16-23(30-15-22(36)31-20)34-10-12-35(13-11-34)38-26(37)18-4-5-18/h6-9,15-16,18H,3-5,10-13H2,1-2H3. The molecule has 200 valence electrons. The Morgan fingerprint density at radius 2 is 1.95 bits per heavy atom. The third kappa shape index (κ3) is 4.91. The number of aryl methyl sites for hydroxylation is 1. The lowest BCUT2D eigenvalue weighted by Gasteiger charge is -2.34. The number of carbonyl (C=O) groups excluding carboxylic acids is 1. The molecule has 10 nitrogen and oxygen atoms in total. The molecule has 3 aromatic heterocycles. The molecule has 0 radical (unpaired) electrons. The first-order chi connectivity index (χ1) is 18.9. The van der Waals surface area contributed by atoms with E-state index in [9.17, 15) is 14.4 Å². The van der Waals surface area contributed by atoms with Gasteiger partial charge in [-0.15, -0.1) is 5.06 Å². The number of rotatable bonds is 7. The van der Waals surface area contributed by atoms with Crippen LogP contribution in [0.4, 0.5) is 21.2 Å². The van der Waals surface area contributed by atoms with Gasteiger partial charge in [-0.05, 0) is 43.5 Å². The Labute approximate surface area is 228 Å². The Kier molecular flexibility index (Phi) is 6.62. The first-order valence-corrected chi connectivity index (χ1v) is 13.8. The third-order valence-corrected chi connectivity index (χ3v) is 8.04. The Balaban J connectivity index is 1.28. The Hall–Kier alpha value is -4.08. The predicted octanol–water partition coefficient (Wildman–Crippen LogP) is 4.18. The molecular formula is C27H27FN8O2S. The normalized spacial score (nSPS) is 15.9. The average molecular weight is 547 g/mol. The van der Waals surface area contributed by atoms with Crippen LogP contribution >= 0.6 is 11.3 Å². The summed E-state index contributed by atoms with van der Waals surface area (Å²) in [5.74, 6) is 1.26. The number of hydrogen-bond donors (Lipinski definition) is 0. The summed E-state index contributed by atoms with van der Waals surface area (Å²) in [5, 5.41) is 12.2. The Morgan fingerprint density at radius 3 is 2.62 bits per heavy atom. The smallest absolute Gasteiger partial charge is 0.328 e. The minimum Gasteiger partial charge on any atom is -0.368 e. The molecule has 1 saturated heterocycles. The van der Waals surface area contributed by atoms with E-state index in [-0.39, 0.29) is 17.7 Å². The fraction of sp³-hybridized carbons (Fsp3) is 0.370. The minimum absolute atomic E-state index is 0.0744. The lowest BCUT2D eigenvalue weighted by Crippen LogP contribution is -2.47. The van der Waals surface area contributed by atoms with Crippen molar-refractivity contribution < 1.29 is 14.0 Å².